The van der Waals surface area contributed by atoms with E-state index in [0.29, 0.717) is 16.8 Å². The molecule has 25 heavy (non-hydrogen) atoms. The molecule has 2 aromatic rings. The molecule has 1 aliphatic rings. The van der Waals surface area contributed by atoms with Crippen LogP contribution in [0.3, 0.4) is 0 Å². The molecule has 0 bridgehead atoms. The Morgan fingerprint density at radius 1 is 1.04 bits per heavy atom. The summed E-state index contributed by atoms with van der Waals surface area (Å²) in [5.41, 5.74) is 2.72. The summed E-state index contributed by atoms with van der Waals surface area (Å²) in [5.74, 6) is -0.236. The molecule has 0 atom stereocenters. The fraction of sp³-hybridized carbons (Fsp3) is 0.300. The molecule has 4 nitrogen and oxygen atoms in total. The molecule has 130 valence electrons. The first-order chi connectivity index (χ1) is 12.1. The number of likely N-dealkylation sites (tertiary alicyclic amines) is 1. The fourth-order valence-corrected chi connectivity index (χ4v) is 3.35. The topological polar surface area (TPSA) is 49.4 Å². The highest BCUT2D eigenvalue weighted by Crippen LogP contribution is 2.22. The van der Waals surface area contributed by atoms with Crippen molar-refractivity contribution in [1.29, 1.82) is 0 Å². The van der Waals surface area contributed by atoms with Crippen LogP contribution in [0.5, 0.6) is 0 Å². The Morgan fingerprint density at radius 2 is 1.76 bits per heavy atom. The predicted octanol–water partition coefficient (Wildman–Crippen LogP) is 4.64. The lowest BCUT2D eigenvalue weighted by Gasteiger charge is -2.27. The van der Waals surface area contributed by atoms with Crippen LogP contribution in [-0.2, 0) is 0 Å². The normalized spacial score (nSPS) is 14.2. The summed E-state index contributed by atoms with van der Waals surface area (Å²) in [4.78, 5) is 27.2. The summed E-state index contributed by atoms with van der Waals surface area (Å²) in [6.07, 6.45) is 3.25. The van der Waals surface area contributed by atoms with Gasteiger partial charge >= 0.3 is 0 Å². The van der Waals surface area contributed by atoms with Gasteiger partial charge in [-0.1, -0.05) is 34.1 Å². The van der Waals surface area contributed by atoms with Crippen molar-refractivity contribution in [2.24, 2.45) is 0 Å². The molecule has 3 rings (SSSR count). The number of hydrogen-bond acceptors (Lipinski definition) is 2. The minimum Gasteiger partial charge on any atom is -0.339 e. The number of nitrogens with one attached hydrogen (secondary N) is 1. The van der Waals surface area contributed by atoms with Gasteiger partial charge in [-0.15, -0.1) is 0 Å². The molecule has 0 spiro atoms. The van der Waals surface area contributed by atoms with Gasteiger partial charge in [0.1, 0.15) is 0 Å². The zero-order valence-electron chi connectivity index (χ0n) is 14.2. The van der Waals surface area contributed by atoms with E-state index in [0.717, 1.165) is 36.0 Å². The highest BCUT2D eigenvalue weighted by atomic mass is 79.9. The summed E-state index contributed by atoms with van der Waals surface area (Å²) >= 11 is 3.45. The van der Waals surface area contributed by atoms with Crippen LogP contribution in [0, 0.1) is 6.92 Å². The average molecular weight is 401 g/mol. The number of halogens is 1. The number of para-hydroxylation sites is 1. The number of carbonyl (C=O) groups is 2. The number of anilines is 1. The number of rotatable bonds is 3. The third-order valence-corrected chi connectivity index (χ3v) is 5.34. The van der Waals surface area contributed by atoms with Gasteiger partial charge in [0.15, 0.2) is 0 Å². The molecule has 2 amide bonds. The highest BCUT2D eigenvalue weighted by Gasteiger charge is 2.21. The van der Waals surface area contributed by atoms with Crippen LogP contribution >= 0.6 is 15.9 Å². The van der Waals surface area contributed by atoms with Crippen molar-refractivity contribution in [2.45, 2.75) is 26.2 Å². The van der Waals surface area contributed by atoms with Crippen molar-refractivity contribution < 1.29 is 9.59 Å². The first-order valence-corrected chi connectivity index (χ1v) is 9.31. The van der Waals surface area contributed by atoms with Crippen LogP contribution in [0.2, 0.25) is 0 Å². The van der Waals surface area contributed by atoms with Gasteiger partial charge in [0.05, 0.1) is 11.3 Å². The zero-order chi connectivity index (χ0) is 17.8. The number of benzene rings is 2. The molecular weight excluding hydrogens is 380 g/mol. The Hall–Kier alpha value is -2.14. The number of aryl methyl sites for hydroxylation is 1. The average Bonchev–Trinajstić information content (AvgIpc) is 2.64. The molecule has 1 heterocycles. The zero-order valence-corrected chi connectivity index (χ0v) is 15.8. The second-order valence-corrected chi connectivity index (χ2v) is 7.17. The van der Waals surface area contributed by atoms with Crippen LogP contribution in [-0.4, -0.2) is 29.8 Å². The molecular formula is C20H21BrN2O2. The van der Waals surface area contributed by atoms with E-state index < -0.39 is 0 Å². The molecule has 0 radical (unpaired) electrons. The Bertz CT molecular complexity index is 798. The molecule has 1 fully saturated rings. The van der Waals surface area contributed by atoms with E-state index in [1.165, 1.54) is 6.42 Å². The smallest absolute Gasteiger partial charge is 0.255 e. The summed E-state index contributed by atoms with van der Waals surface area (Å²) in [7, 11) is 0. The standard InChI is InChI=1S/C20H21BrN2O2/c1-14-9-10-15(13-17(14)21)19(24)22-18-8-4-3-7-16(18)20(25)23-11-5-2-6-12-23/h3-4,7-10,13H,2,5-6,11-12H2,1H3,(H,22,24). The number of hydrogen-bond donors (Lipinski definition) is 1. The molecule has 0 aromatic heterocycles. The number of carbonyl (C=O) groups excluding carboxylic acids is 2. The molecule has 1 aliphatic heterocycles. The van der Waals surface area contributed by atoms with Crippen LogP contribution in [0.4, 0.5) is 5.69 Å². The van der Waals surface area contributed by atoms with Crippen molar-refractivity contribution >= 4 is 33.4 Å². The summed E-state index contributed by atoms with van der Waals surface area (Å²) in [6, 6.07) is 12.7. The lowest BCUT2D eigenvalue weighted by molar-refractivity contribution is 0.0725. The van der Waals surface area contributed by atoms with Gasteiger partial charge in [-0.3, -0.25) is 9.59 Å². The van der Waals surface area contributed by atoms with E-state index in [-0.39, 0.29) is 11.8 Å². The van der Waals surface area contributed by atoms with E-state index in [2.05, 4.69) is 21.2 Å². The first kappa shape index (κ1) is 17.7. The van der Waals surface area contributed by atoms with Crippen LogP contribution < -0.4 is 5.32 Å². The third-order valence-electron chi connectivity index (χ3n) is 4.48. The van der Waals surface area contributed by atoms with Gasteiger partial charge in [-0.2, -0.15) is 0 Å². The van der Waals surface area contributed by atoms with Gasteiger partial charge in [0.25, 0.3) is 11.8 Å². The molecule has 5 heteroatoms. The SMILES string of the molecule is Cc1ccc(C(=O)Nc2ccccc2C(=O)N2CCCCC2)cc1Br. The molecule has 0 unspecified atom stereocenters. The summed E-state index contributed by atoms with van der Waals surface area (Å²) in [6.45, 7) is 3.54. The Kier molecular flexibility index (Phi) is 5.53. The van der Waals surface area contributed by atoms with Gasteiger partial charge < -0.3 is 10.2 Å². The Morgan fingerprint density at radius 3 is 2.48 bits per heavy atom. The maximum atomic E-state index is 12.8. The van der Waals surface area contributed by atoms with Crippen molar-refractivity contribution in [1.82, 2.24) is 4.90 Å². The third kappa shape index (κ3) is 4.10. The van der Waals surface area contributed by atoms with E-state index >= 15 is 0 Å². The van der Waals surface area contributed by atoms with E-state index in [1.807, 2.05) is 30.0 Å². The number of piperidine rings is 1. The quantitative estimate of drug-likeness (QED) is 0.815. The Labute approximate surface area is 156 Å². The van der Waals surface area contributed by atoms with Crippen molar-refractivity contribution in [3.05, 3.63) is 63.6 Å². The Balaban J connectivity index is 1.81. The second-order valence-electron chi connectivity index (χ2n) is 6.32. The highest BCUT2D eigenvalue weighted by molar-refractivity contribution is 9.10. The molecule has 2 aromatic carbocycles. The molecule has 1 N–H and O–H groups in total. The van der Waals surface area contributed by atoms with Gasteiger partial charge in [-0.25, -0.2) is 0 Å². The predicted molar refractivity (Wildman–Crippen MR) is 103 cm³/mol. The van der Waals surface area contributed by atoms with Gasteiger partial charge in [-0.05, 0) is 56.0 Å². The summed E-state index contributed by atoms with van der Waals surface area (Å²) < 4.78 is 0.887. The molecule has 0 saturated carbocycles. The lowest BCUT2D eigenvalue weighted by Crippen LogP contribution is -2.36. The number of amides is 2. The first-order valence-electron chi connectivity index (χ1n) is 8.52. The van der Waals surface area contributed by atoms with E-state index in [1.54, 1.807) is 24.3 Å². The number of nitrogens with zero attached hydrogens (tertiary/aromatic N) is 1. The monoisotopic (exact) mass is 400 g/mol. The van der Waals surface area contributed by atoms with Crippen LogP contribution in [0.25, 0.3) is 0 Å². The minimum atomic E-state index is -0.223. The largest absolute Gasteiger partial charge is 0.339 e. The van der Waals surface area contributed by atoms with Crippen molar-refractivity contribution in [3.63, 3.8) is 0 Å². The maximum absolute atomic E-state index is 12.8. The lowest BCUT2D eigenvalue weighted by atomic mass is 10.1. The van der Waals surface area contributed by atoms with Gasteiger partial charge in [0, 0.05) is 23.1 Å². The molecule has 0 aliphatic carbocycles. The second kappa shape index (κ2) is 7.83. The van der Waals surface area contributed by atoms with Crippen molar-refractivity contribution in [2.75, 3.05) is 18.4 Å². The van der Waals surface area contributed by atoms with Crippen molar-refractivity contribution in [3.8, 4) is 0 Å². The van der Waals surface area contributed by atoms with E-state index in [4.69, 9.17) is 0 Å². The summed E-state index contributed by atoms with van der Waals surface area (Å²) in [5, 5.41) is 2.89. The minimum absolute atomic E-state index is 0.0133. The maximum Gasteiger partial charge on any atom is 0.255 e. The van der Waals surface area contributed by atoms with Gasteiger partial charge in [0.2, 0.25) is 0 Å². The molecule has 1 saturated heterocycles. The fourth-order valence-electron chi connectivity index (χ4n) is 2.97. The van der Waals surface area contributed by atoms with E-state index in [9.17, 15) is 9.59 Å². The van der Waals surface area contributed by atoms with Crippen LogP contribution in [0.1, 0.15) is 45.5 Å². The van der Waals surface area contributed by atoms with Crippen LogP contribution in [0.15, 0.2) is 46.9 Å².